The molecular formula is C30H28O3. The average molecular weight is 437 g/mol. The number of furan rings is 1. The summed E-state index contributed by atoms with van der Waals surface area (Å²) in [5.74, 6) is -0.0713. The molecule has 2 unspecified atom stereocenters. The van der Waals surface area contributed by atoms with Crippen LogP contribution in [0.2, 0.25) is 0 Å². The first kappa shape index (κ1) is 20.2. The Bertz CT molecular complexity index is 1300. The maximum Gasteiger partial charge on any atom is 0.157 e. The van der Waals surface area contributed by atoms with Gasteiger partial charge in [-0.05, 0) is 57.6 Å². The lowest BCUT2D eigenvalue weighted by atomic mass is 9.52. The quantitative estimate of drug-likeness (QED) is 0.304. The topological polar surface area (TPSA) is 53.6 Å². The van der Waals surface area contributed by atoms with Gasteiger partial charge in [-0.15, -0.1) is 0 Å². The molecule has 0 saturated carbocycles. The van der Waals surface area contributed by atoms with Crippen LogP contribution in [0.15, 0.2) is 89.7 Å². The Labute approximate surface area is 194 Å². The summed E-state index contributed by atoms with van der Waals surface area (Å²) in [7, 11) is 0. The van der Waals surface area contributed by atoms with E-state index in [0.29, 0.717) is 0 Å². The molecule has 0 spiro atoms. The Hall–Kier alpha value is -3.46. The van der Waals surface area contributed by atoms with Crippen LogP contribution in [-0.2, 0) is 16.2 Å². The van der Waals surface area contributed by atoms with Crippen molar-refractivity contribution in [3.05, 3.63) is 119 Å². The van der Waals surface area contributed by atoms with Crippen molar-refractivity contribution >= 4 is 0 Å². The Morgan fingerprint density at radius 1 is 0.515 bits per heavy atom. The molecule has 3 aliphatic rings. The highest BCUT2D eigenvalue weighted by molar-refractivity contribution is 5.77. The second-order valence-electron chi connectivity index (χ2n) is 10.3. The molecule has 0 radical (unpaired) electrons. The Balaban J connectivity index is 0.000000368. The minimum absolute atomic E-state index is 0.0356. The van der Waals surface area contributed by atoms with Crippen molar-refractivity contribution < 1.29 is 14.6 Å². The van der Waals surface area contributed by atoms with Gasteiger partial charge in [0.05, 0.1) is 12.5 Å². The Morgan fingerprint density at radius 2 is 0.848 bits per heavy atom. The molecule has 33 heavy (non-hydrogen) atoms. The number of phenolic OH excluding ortho intramolecular Hbond substituents is 2. The molecule has 0 fully saturated rings. The monoisotopic (exact) mass is 436 g/mol. The Morgan fingerprint density at radius 3 is 1.15 bits per heavy atom. The first-order valence-electron chi connectivity index (χ1n) is 11.5. The molecule has 3 aliphatic carbocycles. The highest BCUT2D eigenvalue weighted by atomic mass is 16.3. The van der Waals surface area contributed by atoms with E-state index in [9.17, 15) is 10.2 Å². The number of rotatable bonds is 0. The SMILES string of the molecule is CC12c3ccccc3[C@@]3(C)c4cc(O)c(O)cc4[C@@](C)(c4ccccc41)C23C.c1ccoc1. The Kier molecular flexibility index (Phi) is 3.73. The largest absolute Gasteiger partial charge is 0.504 e. The van der Waals surface area contributed by atoms with Gasteiger partial charge in [0.2, 0.25) is 0 Å². The fourth-order valence-corrected chi connectivity index (χ4v) is 7.89. The third-order valence-corrected chi connectivity index (χ3v) is 9.63. The zero-order valence-electron chi connectivity index (χ0n) is 19.4. The van der Waals surface area contributed by atoms with Gasteiger partial charge in [-0.2, -0.15) is 0 Å². The zero-order valence-corrected chi connectivity index (χ0v) is 19.4. The lowest BCUT2D eigenvalue weighted by molar-refractivity contribution is 0.0996. The maximum absolute atomic E-state index is 10.4. The van der Waals surface area contributed by atoms with Gasteiger partial charge < -0.3 is 14.6 Å². The second-order valence-corrected chi connectivity index (χ2v) is 10.3. The van der Waals surface area contributed by atoms with E-state index < -0.39 is 0 Å². The predicted molar refractivity (Wildman–Crippen MR) is 129 cm³/mol. The lowest BCUT2D eigenvalue weighted by Gasteiger charge is -2.49. The van der Waals surface area contributed by atoms with E-state index in [0.717, 1.165) is 11.1 Å². The highest BCUT2D eigenvalue weighted by Crippen LogP contribution is 2.82. The van der Waals surface area contributed by atoms with Gasteiger partial charge in [-0.25, -0.2) is 0 Å². The molecule has 0 bridgehead atoms. The number of aromatic hydroxyl groups is 2. The second kappa shape index (κ2) is 6.11. The molecular weight excluding hydrogens is 408 g/mol. The van der Waals surface area contributed by atoms with Crippen LogP contribution in [0, 0.1) is 5.41 Å². The van der Waals surface area contributed by atoms with Crippen molar-refractivity contribution in [2.24, 2.45) is 5.41 Å². The number of phenols is 2. The number of hydrogen-bond acceptors (Lipinski definition) is 3. The van der Waals surface area contributed by atoms with Crippen molar-refractivity contribution in [2.45, 2.75) is 43.9 Å². The minimum Gasteiger partial charge on any atom is -0.504 e. The molecule has 0 saturated heterocycles. The summed E-state index contributed by atoms with van der Waals surface area (Å²) in [4.78, 5) is 0. The molecule has 4 atom stereocenters. The summed E-state index contributed by atoms with van der Waals surface area (Å²) in [5.41, 5.74) is 6.85. The molecule has 0 aliphatic heterocycles. The van der Waals surface area contributed by atoms with E-state index >= 15 is 0 Å². The average Bonchev–Trinajstić information content (AvgIpc) is 3.53. The number of hydrogen-bond donors (Lipinski definition) is 2. The molecule has 0 amide bonds. The highest BCUT2D eigenvalue weighted by Gasteiger charge is 2.79. The third kappa shape index (κ3) is 1.91. The van der Waals surface area contributed by atoms with Crippen molar-refractivity contribution in [2.75, 3.05) is 0 Å². The summed E-state index contributed by atoms with van der Waals surface area (Å²) in [6.45, 7) is 9.49. The number of benzene rings is 3. The van der Waals surface area contributed by atoms with Crippen LogP contribution in [0.4, 0.5) is 0 Å². The van der Waals surface area contributed by atoms with Crippen molar-refractivity contribution in [3.8, 4) is 11.5 Å². The van der Waals surface area contributed by atoms with E-state index in [1.165, 1.54) is 22.3 Å². The van der Waals surface area contributed by atoms with Gasteiger partial charge in [-0.1, -0.05) is 76.2 Å². The first-order valence-corrected chi connectivity index (χ1v) is 11.5. The van der Waals surface area contributed by atoms with E-state index in [2.05, 4.69) is 80.6 Å². The van der Waals surface area contributed by atoms with Crippen molar-refractivity contribution in [1.29, 1.82) is 0 Å². The van der Waals surface area contributed by atoms with Crippen LogP contribution in [0.1, 0.15) is 61.1 Å². The van der Waals surface area contributed by atoms with Gasteiger partial charge in [0.1, 0.15) is 0 Å². The predicted octanol–water partition coefficient (Wildman–Crippen LogP) is 6.64. The van der Waals surface area contributed by atoms with Crippen LogP contribution in [0.3, 0.4) is 0 Å². The third-order valence-electron chi connectivity index (χ3n) is 9.63. The van der Waals surface area contributed by atoms with Crippen molar-refractivity contribution in [3.63, 3.8) is 0 Å². The summed E-state index contributed by atoms with van der Waals surface area (Å²) in [5, 5.41) is 20.8. The van der Waals surface area contributed by atoms with Gasteiger partial charge in [0, 0.05) is 21.7 Å². The zero-order chi connectivity index (χ0) is 23.2. The summed E-state index contributed by atoms with van der Waals surface area (Å²) in [6.07, 6.45) is 3.25. The van der Waals surface area contributed by atoms with E-state index in [4.69, 9.17) is 0 Å². The van der Waals surface area contributed by atoms with Crippen LogP contribution in [0.5, 0.6) is 11.5 Å². The maximum atomic E-state index is 10.4. The van der Waals surface area contributed by atoms with Crippen LogP contribution in [-0.4, -0.2) is 10.2 Å². The summed E-state index contributed by atoms with van der Waals surface area (Å²) in [6, 6.07) is 24.9. The fourth-order valence-electron chi connectivity index (χ4n) is 7.89. The fraction of sp³-hybridized carbons (Fsp3) is 0.267. The summed E-state index contributed by atoms with van der Waals surface area (Å²) < 4.78 is 4.58. The van der Waals surface area contributed by atoms with Gasteiger partial charge in [-0.3, -0.25) is 0 Å². The van der Waals surface area contributed by atoms with E-state index in [1.807, 2.05) is 24.3 Å². The molecule has 4 aromatic rings. The summed E-state index contributed by atoms with van der Waals surface area (Å²) >= 11 is 0. The molecule has 1 heterocycles. The molecule has 166 valence electrons. The van der Waals surface area contributed by atoms with Crippen molar-refractivity contribution in [1.82, 2.24) is 0 Å². The molecule has 3 heteroatoms. The van der Waals surface area contributed by atoms with Gasteiger partial charge in [0.15, 0.2) is 11.5 Å². The molecule has 3 aromatic carbocycles. The molecule has 1 aromatic heterocycles. The molecule has 3 nitrogen and oxygen atoms in total. The normalized spacial score (nSPS) is 31.8. The number of fused-ring (bicyclic) bond motifs is 9. The van der Waals surface area contributed by atoms with E-state index in [1.54, 1.807) is 12.5 Å². The standard InChI is InChI=1S/C26H24O2.C4H4O/c1-23-15-9-5-7-11-17(15)24(2)19-13-21(27)22(28)14-20(19)25(3,26(23,24)4)18-12-8-6-10-16(18)23;1-2-4-5-3-1/h5-14,27-28H,1-4H3;1-4H/t23?,24-,25+,26?;. The smallest absolute Gasteiger partial charge is 0.157 e. The van der Waals surface area contributed by atoms with Gasteiger partial charge >= 0.3 is 0 Å². The van der Waals surface area contributed by atoms with E-state index in [-0.39, 0.29) is 33.2 Å². The van der Waals surface area contributed by atoms with Crippen LogP contribution >= 0.6 is 0 Å². The van der Waals surface area contributed by atoms with Crippen LogP contribution < -0.4 is 0 Å². The van der Waals surface area contributed by atoms with Crippen LogP contribution in [0.25, 0.3) is 0 Å². The lowest BCUT2D eigenvalue weighted by Crippen LogP contribution is -2.51. The molecule has 7 rings (SSSR count). The molecule has 2 N–H and O–H groups in total. The van der Waals surface area contributed by atoms with Gasteiger partial charge in [0.25, 0.3) is 0 Å². The minimum atomic E-state index is -0.271. The first-order chi connectivity index (χ1) is 15.7.